The van der Waals surface area contributed by atoms with Crippen molar-refractivity contribution in [3.8, 4) is 0 Å². The highest BCUT2D eigenvalue weighted by Crippen LogP contribution is 2.22. The van der Waals surface area contributed by atoms with Crippen molar-refractivity contribution in [2.45, 2.75) is 12.2 Å². The van der Waals surface area contributed by atoms with E-state index in [4.69, 9.17) is 46.4 Å². The molecule has 2 unspecified atom stereocenters. The number of Topliss-reactive ketones (excluding diaryl/α,β-unsaturated/α-hetero) is 2. The lowest BCUT2D eigenvalue weighted by Crippen LogP contribution is -2.12. The van der Waals surface area contributed by atoms with E-state index in [9.17, 15) is 19.8 Å². The fourth-order valence-corrected chi connectivity index (χ4v) is 3.64. The zero-order valence-corrected chi connectivity index (χ0v) is 21.6. The molecule has 0 heterocycles. The molecule has 0 bridgehead atoms. The van der Waals surface area contributed by atoms with Crippen LogP contribution in [-0.4, -0.2) is 21.8 Å². The molecule has 8 heteroatoms. The van der Waals surface area contributed by atoms with Crippen LogP contribution in [0.15, 0.2) is 97.1 Å². The summed E-state index contributed by atoms with van der Waals surface area (Å²) in [5.74, 6) is -0.733. The SMILES string of the molecule is O=C(c1ccc(Cl)cc1)C(O)c1ccc(Cl)cc1.O=C(c1ccc(Cl)cc1)C(O)c1ccc(Cl)cc1. The molecule has 2 N–H and O–H groups in total. The molecule has 0 saturated heterocycles. The number of rotatable bonds is 6. The Kier molecular flexibility index (Phi) is 10.1. The molecule has 4 aromatic carbocycles. The minimum absolute atomic E-state index is 0.367. The first-order valence-electron chi connectivity index (χ1n) is 10.6. The third kappa shape index (κ3) is 7.65. The van der Waals surface area contributed by atoms with Crippen LogP contribution in [0.25, 0.3) is 0 Å². The van der Waals surface area contributed by atoms with E-state index in [1.54, 1.807) is 97.1 Å². The Morgan fingerprint density at radius 3 is 0.917 bits per heavy atom. The monoisotopic (exact) mass is 560 g/mol. The van der Waals surface area contributed by atoms with Gasteiger partial charge in [0.25, 0.3) is 0 Å². The van der Waals surface area contributed by atoms with Crippen molar-refractivity contribution in [1.29, 1.82) is 0 Å². The van der Waals surface area contributed by atoms with E-state index in [-0.39, 0.29) is 11.6 Å². The van der Waals surface area contributed by atoms with Crippen LogP contribution in [0.1, 0.15) is 44.1 Å². The summed E-state index contributed by atoms with van der Waals surface area (Å²) in [7, 11) is 0. The summed E-state index contributed by atoms with van der Waals surface area (Å²) in [6.45, 7) is 0. The molecular formula is C28H20Cl4O4. The van der Waals surface area contributed by atoms with E-state index in [0.717, 1.165) is 0 Å². The number of aliphatic hydroxyl groups is 2. The first-order chi connectivity index (χ1) is 17.2. The van der Waals surface area contributed by atoms with Gasteiger partial charge in [-0.2, -0.15) is 0 Å². The van der Waals surface area contributed by atoms with Crippen molar-refractivity contribution in [1.82, 2.24) is 0 Å². The molecule has 0 radical (unpaired) electrons. The quantitative estimate of drug-likeness (QED) is 0.235. The third-order valence-electron chi connectivity index (χ3n) is 5.13. The van der Waals surface area contributed by atoms with Crippen molar-refractivity contribution in [2.75, 3.05) is 0 Å². The van der Waals surface area contributed by atoms with Crippen molar-refractivity contribution in [3.63, 3.8) is 0 Å². The minimum Gasteiger partial charge on any atom is -0.380 e. The predicted molar refractivity (Wildman–Crippen MR) is 144 cm³/mol. The second-order valence-corrected chi connectivity index (χ2v) is 9.40. The molecule has 0 aromatic heterocycles. The highest BCUT2D eigenvalue weighted by Gasteiger charge is 2.20. The van der Waals surface area contributed by atoms with Gasteiger partial charge in [0.15, 0.2) is 11.6 Å². The Labute approximate surface area is 228 Å². The van der Waals surface area contributed by atoms with Crippen LogP contribution in [0, 0.1) is 0 Å². The molecule has 184 valence electrons. The number of benzene rings is 4. The minimum atomic E-state index is -1.19. The number of hydrogen-bond acceptors (Lipinski definition) is 4. The zero-order valence-electron chi connectivity index (χ0n) is 18.6. The first kappa shape index (κ1) is 27.9. The van der Waals surface area contributed by atoms with Gasteiger partial charge in [-0.25, -0.2) is 0 Å². The molecule has 0 fully saturated rings. The maximum Gasteiger partial charge on any atom is 0.195 e. The van der Waals surface area contributed by atoms with Crippen molar-refractivity contribution >= 4 is 58.0 Å². The topological polar surface area (TPSA) is 74.6 Å². The van der Waals surface area contributed by atoms with E-state index in [1.807, 2.05) is 0 Å². The number of ketones is 2. The first-order valence-corrected chi connectivity index (χ1v) is 12.1. The van der Waals surface area contributed by atoms with Gasteiger partial charge in [-0.05, 0) is 83.9 Å². The molecule has 4 rings (SSSR count). The summed E-state index contributed by atoms with van der Waals surface area (Å²) >= 11 is 23.0. The van der Waals surface area contributed by atoms with E-state index in [1.165, 1.54) is 0 Å². The van der Waals surface area contributed by atoms with E-state index in [0.29, 0.717) is 42.3 Å². The Hall–Kier alpha value is -2.70. The van der Waals surface area contributed by atoms with Gasteiger partial charge in [0.05, 0.1) is 0 Å². The molecule has 4 aromatic rings. The van der Waals surface area contributed by atoms with Crippen LogP contribution in [0.5, 0.6) is 0 Å². The smallest absolute Gasteiger partial charge is 0.195 e. The second-order valence-electron chi connectivity index (χ2n) is 7.65. The molecule has 4 nitrogen and oxygen atoms in total. The number of hydrogen-bond donors (Lipinski definition) is 2. The number of aliphatic hydroxyl groups excluding tert-OH is 2. The van der Waals surface area contributed by atoms with Crippen molar-refractivity contribution in [3.05, 3.63) is 139 Å². The highest BCUT2D eigenvalue weighted by molar-refractivity contribution is 6.31. The fraction of sp³-hybridized carbons (Fsp3) is 0.0714. The van der Waals surface area contributed by atoms with Crippen LogP contribution >= 0.6 is 46.4 Å². The summed E-state index contributed by atoms with van der Waals surface area (Å²) < 4.78 is 0. The summed E-state index contributed by atoms with van der Waals surface area (Å²) in [4.78, 5) is 24.0. The van der Waals surface area contributed by atoms with Gasteiger partial charge in [-0.1, -0.05) is 70.7 Å². The fourth-order valence-electron chi connectivity index (χ4n) is 3.14. The van der Waals surface area contributed by atoms with Gasteiger partial charge in [-0.15, -0.1) is 0 Å². The van der Waals surface area contributed by atoms with Gasteiger partial charge in [0.1, 0.15) is 12.2 Å². The van der Waals surface area contributed by atoms with Gasteiger partial charge in [-0.3, -0.25) is 9.59 Å². The predicted octanol–water partition coefficient (Wildman–Crippen LogP) is 7.82. The lowest BCUT2D eigenvalue weighted by atomic mass is 10.0. The Bertz CT molecular complexity index is 1200. The molecule has 0 saturated carbocycles. The van der Waals surface area contributed by atoms with E-state index >= 15 is 0 Å². The summed E-state index contributed by atoms with van der Waals surface area (Å²) in [6.07, 6.45) is -2.38. The summed E-state index contributed by atoms with van der Waals surface area (Å²) in [5.41, 5.74) is 1.86. The Balaban J connectivity index is 0.000000201. The molecule has 0 amide bonds. The van der Waals surface area contributed by atoms with Crippen LogP contribution in [0.2, 0.25) is 20.1 Å². The molecule has 0 aliphatic heterocycles. The average molecular weight is 562 g/mol. The Morgan fingerprint density at radius 2 is 0.667 bits per heavy atom. The maximum absolute atomic E-state index is 12.0. The van der Waals surface area contributed by atoms with E-state index in [2.05, 4.69) is 0 Å². The van der Waals surface area contributed by atoms with Gasteiger partial charge >= 0.3 is 0 Å². The number of carbonyl (C=O) groups excluding carboxylic acids is 2. The molecule has 2 atom stereocenters. The van der Waals surface area contributed by atoms with Gasteiger partial charge in [0.2, 0.25) is 0 Å². The van der Waals surface area contributed by atoms with Crippen LogP contribution < -0.4 is 0 Å². The maximum atomic E-state index is 12.0. The standard InChI is InChI=1S/2C14H10Cl2O2/c2*15-11-5-1-9(2-6-11)13(17)14(18)10-3-7-12(16)8-4-10/h2*1-8,13,17H. The Morgan fingerprint density at radius 1 is 0.444 bits per heavy atom. The van der Waals surface area contributed by atoms with Crippen molar-refractivity contribution < 1.29 is 19.8 Å². The van der Waals surface area contributed by atoms with E-state index < -0.39 is 12.2 Å². The molecule has 0 aliphatic rings. The lowest BCUT2D eigenvalue weighted by Gasteiger charge is -2.10. The van der Waals surface area contributed by atoms with Crippen LogP contribution in [-0.2, 0) is 0 Å². The zero-order chi connectivity index (χ0) is 26.2. The molecular weight excluding hydrogens is 542 g/mol. The normalized spacial score (nSPS) is 12.2. The summed E-state index contributed by atoms with van der Waals surface area (Å²) in [5, 5.41) is 22.2. The van der Waals surface area contributed by atoms with Crippen molar-refractivity contribution in [2.24, 2.45) is 0 Å². The van der Waals surface area contributed by atoms with Crippen LogP contribution in [0.4, 0.5) is 0 Å². The summed E-state index contributed by atoms with van der Waals surface area (Å²) in [6, 6.07) is 25.8. The molecule has 0 spiro atoms. The molecule has 36 heavy (non-hydrogen) atoms. The number of halogens is 4. The van der Waals surface area contributed by atoms with Crippen LogP contribution in [0.3, 0.4) is 0 Å². The average Bonchev–Trinajstić information content (AvgIpc) is 2.89. The third-order valence-corrected chi connectivity index (χ3v) is 6.13. The lowest BCUT2D eigenvalue weighted by molar-refractivity contribution is 0.0743. The van der Waals surface area contributed by atoms with Gasteiger partial charge in [0, 0.05) is 31.2 Å². The van der Waals surface area contributed by atoms with Gasteiger partial charge < -0.3 is 10.2 Å². The number of carbonyl (C=O) groups is 2. The largest absolute Gasteiger partial charge is 0.380 e. The second kappa shape index (κ2) is 13.0. The molecule has 0 aliphatic carbocycles. The highest BCUT2D eigenvalue weighted by atomic mass is 35.5.